The second-order valence-electron chi connectivity index (χ2n) is 1.93. The fourth-order valence-electron chi connectivity index (χ4n) is 0.694. The van der Waals surface area contributed by atoms with Crippen molar-refractivity contribution in [1.29, 1.82) is 0 Å². The topological polar surface area (TPSA) is 62.9 Å². The molecule has 0 fully saturated rings. The average Bonchev–Trinajstić information content (AvgIpc) is 2.05. The predicted molar refractivity (Wildman–Crippen MR) is 39.8 cm³/mol. The Balaban J connectivity index is 3.02. The van der Waals surface area contributed by atoms with Crippen molar-refractivity contribution in [2.24, 2.45) is 5.14 Å². The van der Waals surface area contributed by atoms with Crippen LogP contribution < -0.4 is 10.6 Å². The minimum absolute atomic E-state index is 0.153. The molecule has 5 N–H and O–H groups in total. The largest absolute Gasteiger partial charge is 0.274 e. The Bertz CT molecular complexity index is 256. The third-order valence-electron chi connectivity index (χ3n) is 1.24. The number of nitrogens with two attached hydrogens (primary N) is 2. The Labute approximate surface area is 67.5 Å². The molecule has 0 aliphatic heterocycles. The van der Waals surface area contributed by atoms with Gasteiger partial charge in [0.15, 0.2) is 11.5 Å². The van der Waals surface area contributed by atoms with E-state index < -0.39 is 5.82 Å². The van der Waals surface area contributed by atoms with Crippen LogP contribution in [0.3, 0.4) is 0 Å². The fourth-order valence-corrected chi connectivity index (χ4v) is 1.04. The maximum absolute atomic E-state index is 12.7. The number of halogens is 1. The van der Waals surface area contributed by atoms with E-state index in [4.69, 9.17) is 10.3 Å². The van der Waals surface area contributed by atoms with Gasteiger partial charge in [-0.15, -0.1) is 0 Å². The Morgan fingerprint density at radius 2 is 2.27 bits per heavy atom. The van der Waals surface area contributed by atoms with Gasteiger partial charge in [-0.2, -0.15) is 5.48 Å². The second-order valence-corrected chi connectivity index (χ2v) is 2.64. The lowest BCUT2D eigenvalue weighted by Crippen LogP contribution is -2.74. The summed E-state index contributed by atoms with van der Waals surface area (Å²) >= 11 is 1.01. The van der Waals surface area contributed by atoms with Gasteiger partial charge in [-0.1, -0.05) is 0 Å². The van der Waals surface area contributed by atoms with Crippen LogP contribution in [0.15, 0.2) is 23.1 Å². The normalized spacial score (nSPS) is 10.1. The number of hydrogen-bond donors (Lipinski definition) is 3. The van der Waals surface area contributed by atoms with Gasteiger partial charge in [0.2, 0.25) is 0 Å². The zero-order valence-electron chi connectivity index (χ0n) is 5.62. The van der Waals surface area contributed by atoms with Gasteiger partial charge in [-0.3, -0.25) is 5.14 Å². The molecule has 60 valence electrons. The van der Waals surface area contributed by atoms with Crippen LogP contribution in [0.25, 0.3) is 0 Å². The number of quaternary nitrogens is 1. The molecule has 0 spiro atoms. The molecule has 11 heavy (non-hydrogen) atoms. The van der Waals surface area contributed by atoms with Crippen LogP contribution >= 0.6 is 11.9 Å². The fraction of sp³-hybridized carbons (Fsp3) is 0. The maximum Gasteiger partial charge on any atom is 0.198 e. The van der Waals surface area contributed by atoms with E-state index in [0.29, 0.717) is 4.90 Å². The number of hydrogen-bond acceptors (Lipinski definition) is 3. The molecule has 1 aromatic carbocycles. The number of rotatable bonds is 2. The minimum Gasteiger partial charge on any atom is -0.274 e. The zero-order chi connectivity index (χ0) is 8.27. The minimum atomic E-state index is -0.453. The first kappa shape index (κ1) is 8.48. The molecule has 0 saturated carbocycles. The third-order valence-corrected chi connectivity index (χ3v) is 1.77. The van der Waals surface area contributed by atoms with E-state index in [2.05, 4.69) is 0 Å². The first-order chi connectivity index (χ1) is 5.27. The van der Waals surface area contributed by atoms with E-state index in [1.807, 2.05) is 0 Å². The van der Waals surface area contributed by atoms with Crippen molar-refractivity contribution < 1.29 is 15.1 Å². The lowest BCUT2D eigenvalue weighted by Gasteiger charge is -1.97. The van der Waals surface area contributed by atoms with Gasteiger partial charge in [0.1, 0.15) is 0 Å². The Morgan fingerprint density at radius 3 is 2.82 bits per heavy atom. The molecule has 0 unspecified atom stereocenters. The monoisotopic (exact) mass is 175 g/mol. The van der Waals surface area contributed by atoms with Crippen LogP contribution in [-0.4, -0.2) is 5.21 Å². The van der Waals surface area contributed by atoms with E-state index in [9.17, 15) is 4.39 Å². The molecule has 0 amide bonds. The van der Waals surface area contributed by atoms with E-state index >= 15 is 0 Å². The molecule has 3 nitrogen and oxygen atoms in total. The van der Waals surface area contributed by atoms with Crippen LogP contribution in [-0.2, 0) is 0 Å². The van der Waals surface area contributed by atoms with Crippen molar-refractivity contribution >= 4 is 17.6 Å². The summed E-state index contributed by atoms with van der Waals surface area (Å²) in [5, 5.41) is 13.7. The van der Waals surface area contributed by atoms with Crippen LogP contribution in [0, 0.1) is 5.82 Å². The summed E-state index contributed by atoms with van der Waals surface area (Å²) < 4.78 is 12.7. The molecule has 0 bridgehead atoms. The maximum atomic E-state index is 12.7. The SMILES string of the molecule is NSc1ccc(F)c([NH2+]O)c1. The molecular weight excluding hydrogens is 167 g/mol. The Morgan fingerprint density at radius 1 is 1.55 bits per heavy atom. The summed E-state index contributed by atoms with van der Waals surface area (Å²) in [6.45, 7) is 0. The average molecular weight is 175 g/mol. The van der Waals surface area contributed by atoms with Crippen LogP contribution in [0.2, 0.25) is 0 Å². The summed E-state index contributed by atoms with van der Waals surface area (Å²) in [6, 6.07) is 4.28. The Kier molecular flexibility index (Phi) is 2.84. The van der Waals surface area contributed by atoms with Crippen molar-refractivity contribution in [2.75, 3.05) is 0 Å². The molecule has 0 heterocycles. The van der Waals surface area contributed by atoms with Crippen LogP contribution in [0.4, 0.5) is 10.1 Å². The first-order valence-electron chi connectivity index (χ1n) is 2.91. The quantitative estimate of drug-likeness (QED) is 0.346. The standard InChI is InChI=1S/C6H7FN2OS/c7-5-2-1-4(11-8)3-6(5)9-10/h1-3,9-10H,8H2/p+1. The lowest BCUT2D eigenvalue weighted by atomic mass is 10.3. The van der Waals surface area contributed by atoms with E-state index in [0.717, 1.165) is 17.4 Å². The molecule has 1 rings (SSSR count). The van der Waals surface area contributed by atoms with Gasteiger partial charge in [-0.05, 0) is 24.1 Å². The van der Waals surface area contributed by atoms with Gasteiger partial charge in [0.05, 0.1) is 0 Å². The molecule has 1 aromatic rings. The highest BCUT2D eigenvalue weighted by atomic mass is 32.2. The highest BCUT2D eigenvalue weighted by Gasteiger charge is 2.05. The van der Waals surface area contributed by atoms with Crippen molar-refractivity contribution in [3.8, 4) is 0 Å². The Hall–Kier alpha value is -0.620. The van der Waals surface area contributed by atoms with E-state index in [1.165, 1.54) is 12.1 Å². The predicted octanol–water partition coefficient (Wildman–Crippen LogP) is 0.376. The van der Waals surface area contributed by atoms with Gasteiger partial charge in [-0.25, -0.2) is 9.60 Å². The van der Waals surface area contributed by atoms with Crippen molar-refractivity contribution in [3.05, 3.63) is 24.0 Å². The van der Waals surface area contributed by atoms with Crippen LogP contribution in [0.5, 0.6) is 0 Å². The van der Waals surface area contributed by atoms with E-state index in [1.54, 1.807) is 6.07 Å². The van der Waals surface area contributed by atoms with Crippen molar-refractivity contribution in [3.63, 3.8) is 0 Å². The summed E-state index contributed by atoms with van der Waals surface area (Å²) in [5.74, 6) is -0.453. The summed E-state index contributed by atoms with van der Waals surface area (Å²) in [4.78, 5) is 0.715. The van der Waals surface area contributed by atoms with Gasteiger partial charge >= 0.3 is 0 Å². The number of benzene rings is 1. The summed E-state index contributed by atoms with van der Waals surface area (Å²) in [5.41, 5.74) is 0.871. The zero-order valence-corrected chi connectivity index (χ0v) is 6.44. The molecule has 5 heteroatoms. The second kappa shape index (κ2) is 3.68. The van der Waals surface area contributed by atoms with Crippen molar-refractivity contribution in [1.82, 2.24) is 0 Å². The van der Waals surface area contributed by atoms with Crippen molar-refractivity contribution in [2.45, 2.75) is 4.90 Å². The smallest absolute Gasteiger partial charge is 0.198 e. The summed E-state index contributed by atoms with van der Waals surface area (Å²) in [6.07, 6.45) is 0. The van der Waals surface area contributed by atoms with Gasteiger partial charge in [0, 0.05) is 11.0 Å². The lowest BCUT2D eigenvalue weighted by molar-refractivity contribution is -0.826. The molecule has 0 radical (unpaired) electrons. The van der Waals surface area contributed by atoms with Gasteiger partial charge in [0.25, 0.3) is 0 Å². The molecule has 0 atom stereocenters. The van der Waals surface area contributed by atoms with Gasteiger partial charge < -0.3 is 0 Å². The third kappa shape index (κ3) is 1.90. The summed E-state index contributed by atoms with van der Waals surface area (Å²) in [7, 11) is 0. The molecular formula is C6H8FN2OS+. The molecule has 0 aliphatic carbocycles. The van der Waals surface area contributed by atoms with Crippen LogP contribution in [0.1, 0.15) is 0 Å². The highest BCUT2D eigenvalue weighted by Crippen LogP contribution is 2.16. The molecule has 0 aliphatic rings. The molecule has 0 saturated heterocycles. The van der Waals surface area contributed by atoms with E-state index in [-0.39, 0.29) is 5.69 Å². The first-order valence-corrected chi connectivity index (χ1v) is 3.79. The molecule has 0 aromatic heterocycles. The highest BCUT2D eigenvalue weighted by molar-refractivity contribution is 7.97.